The summed E-state index contributed by atoms with van der Waals surface area (Å²) >= 11 is 0. The van der Waals surface area contributed by atoms with Gasteiger partial charge in [-0.2, -0.15) is 8.42 Å². The Morgan fingerprint density at radius 2 is 1.19 bits per heavy atom. The first-order valence-corrected chi connectivity index (χ1v) is 10.1. The Morgan fingerprint density at radius 1 is 0.762 bits per heavy atom. The Bertz CT molecular complexity index is 327. The van der Waals surface area contributed by atoms with Crippen LogP contribution in [-0.4, -0.2) is 29.4 Å². The quantitative estimate of drug-likeness (QED) is 0.369. The van der Waals surface area contributed by atoms with E-state index in [0.717, 1.165) is 64.2 Å². The second kappa shape index (κ2) is 12.4. The summed E-state index contributed by atoms with van der Waals surface area (Å²) in [6.07, 6.45) is 10.5. The summed E-state index contributed by atoms with van der Waals surface area (Å²) in [6.45, 7) is 4.14. The maximum atomic E-state index is 11.3. The van der Waals surface area contributed by atoms with Gasteiger partial charge in [-0.3, -0.25) is 4.55 Å². The zero-order valence-corrected chi connectivity index (χ0v) is 14.6. The van der Waals surface area contributed by atoms with Crippen LogP contribution in [0.5, 0.6) is 0 Å². The lowest BCUT2D eigenvalue weighted by molar-refractivity contribution is 0.148. The van der Waals surface area contributed by atoms with Gasteiger partial charge in [0.05, 0.1) is 11.4 Å². The van der Waals surface area contributed by atoms with Crippen molar-refractivity contribution in [2.75, 3.05) is 0 Å². The Morgan fingerprint density at radius 3 is 1.71 bits per heavy atom. The molecule has 0 rings (SSSR count). The van der Waals surface area contributed by atoms with Crippen LogP contribution >= 0.6 is 0 Å². The zero-order valence-electron chi connectivity index (χ0n) is 13.8. The maximum Gasteiger partial charge on any atom is 0.267 e. The highest BCUT2D eigenvalue weighted by Crippen LogP contribution is 2.18. The molecule has 5 heteroatoms. The molecule has 0 amide bonds. The van der Waals surface area contributed by atoms with Crippen molar-refractivity contribution >= 4 is 10.1 Å². The fourth-order valence-electron chi connectivity index (χ4n) is 2.56. The Hall–Kier alpha value is -0.130. The van der Waals surface area contributed by atoms with Crippen LogP contribution in [0.4, 0.5) is 0 Å². The number of hydrogen-bond acceptors (Lipinski definition) is 3. The molecule has 2 unspecified atom stereocenters. The van der Waals surface area contributed by atoms with E-state index >= 15 is 0 Å². The van der Waals surface area contributed by atoms with Crippen molar-refractivity contribution in [2.24, 2.45) is 0 Å². The van der Waals surface area contributed by atoms with E-state index in [0.29, 0.717) is 12.8 Å². The van der Waals surface area contributed by atoms with Crippen molar-refractivity contribution < 1.29 is 18.1 Å². The highest BCUT2D eigenvalue weighted by Gasteiger charge is 2.21. The Labute approximate surface area is 131 Å². The van der Waals surface area contributed by atoms with Gasteiger partial charge in [-0.25, -0.2) is 0 Å². The number of aliphatic hydroxyl groups is 1. The monoisotopic (exact) mass is 322 g/mol. The third-order valence-corrected chi connectivity index (χ3v) is 5.32. The third-order valence-electron chi connectivity index (χ3n) is 4.01. The Kier molecular flexibility index (Phi) is 12.3. The van der Waals surface area contributed by atoms with E-state index in [2.05, 4.69) is 6.92 Å². The zero-order chi connectivity index (χ0) is 16.1. The van der Waals surface area contributed by atoms with E-state index in [1.54, 1.807) is 0 Å². The summed E-state index contributed by atoms with van der Waals surface area (Å²) in [7, 11) is -3.89. The molecule has 2 atom stereocenters. The summed E-state index contributed by atoms with van der Waals surface area (Å²) in [6, 6.07) is 0. The van der Waals surface area contributed by atoms with Crippen LogP contribution < -0.4 is 0 Å². The summed E-state index contributed by atoms with van der Waals surface area (Å²) in [5, 5.41) is 9.13. The van der Waals surface area contributed by atoms with Crippen molar-refractivity contribution in [3.63, 3.8) is 0 Å². The molecule has 0 saturated heterocycles. The van der Waals surface area contributed by atoms with E-state index in [9.17, 15) is 18.1 Å². The molecule has 0 aromatic heterocycles. The molecule has 0 fully saturated rings. The molecular weight excluding hydrogens is 288 g/mol. The van der Waals surface area contributed by atoms with Gasteiger partial charge in [0, 0.05) is 0 Å². The molecule has 0 saturated carbocycles. The van der Waals surface area contributed by atoms with Gasteiger partial charge in [-0.1, -0.05) is 65.2 Å². The number of aliphatic hydroxyl groups excluding tert-OH is 1. The van der Waals surface area contributed by atoms with E-state index < -0.39 is 15.4 Å². The SMILES string of the molecule is CCCCC(O)CCCCCCC(CCCC)S(=O)(=O)O. The van der Waals surface area contributed by atoms with E-state index in [-0.39, 0.29) is 6.10 Å². The molecule has 0 aliphatic carbocycles. The predicted octanol–water partition coefficient (Wildman–Crippen LogP) is 4.32. The maximum absolute atomic E-state index is 11.3. The largest absolute Gasteiger partial charge is 0.393 e. The van der Waals surface area contributed by atoms with Crippen LogP contribution in [0.3, 0.4) is 0 Å². The molecule has 2 N–H and O–H groups in total. The van der Waals surface area contributed by atoms with Crippen molar-refractivity contribution in [1.82, 2.24) is 0 Å². The molecule has 4 nitrogen and oxygen atoms in total. The van der Waals surface area contributed by atoms with Crippen LogP contribution in [0.1, 0.15) is 90.9 Å². The lowest BCUT2D eigenvalue weighted by atomic mass is 10.0. The number of unbranched alkanes of at least 4 members (excludes halogenated alkanes) is 5. The third kappa shape index (κ3) is 12.1. The molecule has 0 aliphatic rings. The molecule has 0 radical (unpaired) electrons. The van der Waals surface area contributed by atoms with Gasteiger partial charge in [0.25, 0.3) is 10.1 Å². The van der Waals surface area contributed by atoms with Crippen LogP contribution in [-0.2, 0) is 10.1 Å². The first-order valence-electron chi connectivity index (χ1n) is 8.56. The normalized spacial score (nSPS) is 15.0. The van der Waals surface area contributed by atoms with Gasteiger partial charge in [0.15, 0.2) is 0 Å². The highest BCUT2D eigenvalue weighted by atomic mass is 32.2. The minimum absolute atomic E-state index is 0.180. The summed E-state index contributed by atoms with van der Waals surface area (Å²) in [5.74, 6) is 0. The van der Waals surface area contributed by atoms with E-state index in [4.69, 9.17) is 0 Å². The second-order valence-electron chi connectivity index (χ2n) is 6.07. The summed E-state index contributed by atoms with van der Waals surface area (Å²) in [4.78, 5) is 0. The molecule has 0 aromatic rings. The van der Waals surface area contributed by atoms with Crippen molar-refractivity contribution in [3.8, 4) is 0 Å². The first-order chi connectivity index (χ1) is 9.91. The smallest absolute Gasteiger partial charge is 0.267 e. The average Bonchev–Trinajstić information content (AvgIpc) is 2.42. The average molecular weight is 323 g/mol. The molecular formula is C16H34O4S. The van der Waals surface area contributed by atoms with Crippen molar-refractivity contribution in [1.29, 1.82) is 0 Å². The van der Waals surface area contributed by atoms with Gasteiger partial charge in [0.2, 0.25) is 0 Å². The fraction of sp³-hybridized carbons (Fsp3) is 1.00. The van der Waals surface area contributed by atoms with Crippen LogP contribution in [0.2, 0.25) is 0 Å². The minimum atomic E-state index is -3.89. The van der Waals surface area contributed by atoms with Gasteiger partial charge >= 0.3 is 0 Å². The summed E-state index contributed by atoms with van der Waals surface area (Å²) < 4.78 is 31.7. The van der Waals surface area contributed by atoms with Crippen LogP contribution in [0.15, 0.2) is 0 Å². The lowest BCUT2D eigenvalue weighted by Crippen LogP contribution is -2.20. The highest BCUT2D eigenvalue weighted by molar-refractivity contribution is 7.86. The molecule has 0 spiro atoms. The van der Waals surface area contributed by atoms with Gasteiger partial charge in [-0.15, -0.1) is 0 Å². The lowest BCUT2D eigenvalue weighted by Gasteiger charge is -2.13. The van der Waals surface area contributed by atoms with Crippen LogP contribution in [0.25, 0.3) is 0 Å². The standard InChI is InChI=1S/C16H34O4S/c1-3-5-11-15(17)12-9-7-8-10-14-16(13-6-4-2)21(18,19)20/h15-17H,3-14H2,1-2H3,(H,18,19,20). The summed E-state index contributed by atoms with van der Waals surface area (Å²) in [5.41, 5.74) is 0. The Balaban J connectivity index is 3.71. The fourth-order valence-corrected chi connectivity index (χ4v) is 3.49. The topological polar surface area (TPSA) is 74.6 Å². The molecule has 0 bridgehead atoms. The van der Waals surface area contributed by atoms with Crippen molar-refractivity contribution in [2.45, 2.75) is 102 Å². The van der Waals surface area contributed by atoms with Gasteiger partial charge in [0.1, 0.15) is 0 Å². The number of hydrogen-bond donors (Lipinski definition) is 2. The van der Waals surface area contributed by atoms with Crippen LogP contribution in [0, 0.1) is 0 Å². The minimum Gasteiger partial charge on any atom is -0.393 e. The van der Waals surface area contributed by atoms with E-state index in [1.165, 1.54) is 0 Å². The number of rotatable bonds is 14. The molecule has 0 heterocycles. The van der Waals surface area contributed by atoms with Crippen molar-refractivity contribution in [3.05, 3.63) is 0 Å². The molecule has 128 valence electrons. The van der Waals surface area contributed by atoms with Gasteiger partial charge < -0.3 is 5.11 Å². The molecule has 0 aromatic carbocycles. The van der Waals surface area contributed by atoms with Gasteiger partial charge in [-0.05, 0) is 25.7 Å². The molecule has 0 aliphatic heterocycles. The predicted molar refractivity (Wildman–Crippen MR) is 88.1 cm³/mol. The molecule has 21 heavy (non-hydrogen) atoms. The van der Waals surface area contributed by atoms with E-state index in [1.807, 2.05) is 6.92 Å². The second-order valence-corrected chi connectivity index (χ2v) is 7.76. The first kappa shape index (κ1) is 20.9.